The average Bonchev–Trinajstić information content (AvgIpc) is 2.96. The van der Waals surface area contributed by atoms with Crippen molar-refractivity contribution in [3.8, 4) is 5.75 Å². The minimum atomic E-state index is -0.0150. The summed E-state index contributed by atoms with van der Waals surface area (Å²) in [5.41, 5.74) is 6.58. The van der Waals surface area contributed by atoms with Gasteiger partial charge in [0.1, 0.15) is 12.4 Å². The molecule has 3 aromatic carbocycles. The lowest BCUT2D eigenvalue weighted by molar-refractivity contribution is 0.0952. The maximum atomic E-state index is 12.4. The Bertz CT molecular complexity index is 1040. The van der Waals surface area contributed by atoms with E-state index in [2.05, 4.69) is 17.7 Å². The first-order valence-corrected chi connectivity index (χ1v) is 14.3. The molecule has 1 amide bonds. The summed E-state index contributed by atoms with van der Waals surface area (Å²) in [5.74, 6) is 0.759. The summed E-state index contributed by atoms with van der Waals surface area (Å²) in [6, 6.07) is 25.3. The van der Waals surface area contributed by atoms with Crippen molar-refractivity contribution in [2.75, 3.05) is 12.0 Å². The predicted molar refractivity (Wildman–Crippen MR) is 156 cm³/mol. The Labute approximate surface area is 228 Å². The van der Waals surface area contributed by atoms with Gasteiger partial charge in [-0.1, -0.05) is 113 Å². The molecule has 0 aromatic heterocycles. The van der Waals surface area contributed by atoms with Gasteiger partial charge in [0.25, 0.3) is 5.91 Å². The van der Waals surface area contributed by atoms with E-state index < -0.39 is 0 Å². The van der Waals surface area contributed by atoms with Gasteiger partial charge in [0.05, 0.1) is 12.3 Å². The smallest absolute Gasteiger partial charge is 0.251 e. The summed E-state index contributed by atoms with van der Waals surface area (Å²) in [7, 11) is 0. The van der Waals surface area contributed by atoms with Crippen LogP contribution in [0, 0.1) is 0 Å². The molecule has 0 radical (unpaired) electrons. The molecule has 204 valence electrons. The number of benzene rings is 3. The van der Waals surface area contributed by atoms with Gasteiger partial charge in [0, 0.05) is 18.2 Å². The number of hydrogen-bond acceptors (Lipinski definition) is 4. The summed E-state index contributed by atoms with van der Waals surface area (Å²) in [4.78, 5) is 18.1. The zero-order valence-corrected chi connectivity index (χ0v) is 22.9. The van der Waals surface area contributed by atoms with Crippen molar-refractivity contribution in [2.45, 2.75) is 84.3 Å². The van der Waals surface area contributed by atoms with E-state index in [0.717, 1.165) is 35.5 Å². The SMILES string of the molecule is CCCCCCCCCCCCNC(=O)c1ccc(CONc2cccc(OCc3ccccc3)c2)cc1. The third-order valence-electron chi connectivity index (χ3n) is 6.54. The summed E-state index contributed by atoms with van der Waals surface area (Å²) < 4.78 is 5.87. The first kappa shape index (κ1) is 29.2. The van der Waals surface area contributed by atoms with Crippen molar-refractivity contribution >= 4 is 11.6 Å². The number of carbonyl (C=O) groups excluding carboxylic acids is 1. The van der Waals surface area contributed by atoms with Crippen LogP contribution in [0.15, 0.2) is 78.9 Å². The Morgan fingerprint density at radius 3 is 2.05 bits per heavy atom. The first-order valence-electron chi connectivity index (χ1n) is 14.3. The van der Waals surface area contributed by atoms with Crippen LogP contribution in [0.3, 0.4) is 0 Å². The van der Waals surface area contributed by atoms with E-state index in [1.165, 1.54) is 57.8 Å². The monoisotopic (exact) mass is 516 g/mol. The highest BCUT2D eigenvalue weighted by atomic mass is 16.6. The molecule has 38 heavy (non-hydrogen) atoms. The van der Waals surface area contributed by atoms with E-state index in [-0.39, 0.29) is 5.91 Å². The van der Waals surface area contributed by atoms with E-state index in [1.807, 2.05) is 78.9 Å². The molecule has 0 unspecified atom stereocenters. The second-order valence-electron chi connectivity index (χ2n) is 9.83. The predicted octanol–water partition coefficient (Wildman–Crippen LogP) is 8.46. The minimum Gasteiger partial charge on any atom is -0.489 e. The van der Waals surface area contributed by atoms with E-state index in [9.17, 15) is 4.79 Å². The highest BCUT2D eigenvalue weighted by Crippen LogP contribution is 2.19. The van der Waals surface area contributed by atoms with Crippen molar-refractivity contribution in [3.05, 3.63) is 95.6 Å². The van der Waals surface area contributed by atoms with Crippen LogP contribution in [0.2, 0.25) is 0 Å². The molecule has 0 spiro atoms. The van der Waals surface area contributed by atoms with Crippen LogP contribution in [0.4, 0.5) is 5.69 Å². The second kappa shape index (κ2) is 18.0. The van der Waals surface area contributed by atoms with E-state index >= 15 is 0 Å². The van der Waals surface area contributed by atoms with Gasteiger partial charge in [0.2, 0.25) is 0 Å². The minimum absolute atomic E-state index is 0.0150. The molecule has 0 fully saturated rings. The largest absolute Gasteiger partial charge is 0.489 e. The van der Waals surface area contributed by atoms with Crippen molar-refractivity contribution in [1.82, 2.24) is 5.32 Å². The number of amides is 1. The molecule has 0 heterocycles. The molecule has 0 saturated heterocycles. The number of nitrogens with one attached hydrogen (secondary N) is 2. The average molecular weight is 517 g/mol. The second-order valence-corrected chi connectivity index (χ2v) is 9.83. The lowest BCUT2D eigenvalue weighted by Crippen LogP contribution is -2.24. The zero-order valence-electron chi connectivity index (χ0n) is 22.9. The van der Waals surface area contributed by atoms with Crippen molar-refractivity contribution in [2.24, 2.45) is 0 Å². The van der Waals surface area contributed by atoms with Gasteiger partial charge in [-0.25, -0.2) is 0 Å². The van der Waals surface area contributed by atoms with Crippen LogP contribution in [0.5, 0.6) is 5.75 Å². The molecule has 3 rings (SSSR count). The third kappa shape index (κ3) is 11.8. The molecule has 0 aliphatic rings. The van der Waals surface area contributed by atoms with Crippen molar-refractivity contribution in [1.29, 1.82) is 0 Å². The summed E-state index contributed by atoms with van der Waals surface area (Å²) in [5, 5.41) is 3.04. The van der Waals surface area contributed by atoms with Gasteiger partial charge in [-0.15, -0.1) is 0 Å². The fourth-order valence-electron chi connectivity index (χ4n) is 4.26. The molecule has 0 atom stereocenters. The molecular weight excluding hydrogens is 472 g/mol. The lowest BCUT2D eigenvalue weighted by atomic mass is 10.1. The molecular formula is C33H44N2O3. The van der Waals surface area contributed by atoms with Crippen LogP contribution < -0.4 is 15.5 Å². The summed E-state index contributed by atoms with van der Waals surface area (Å²) >= 11 is 0. The molecule has 0 bridgehead atoms. The Morgan fingerprint density at radius 2 is 1.34 bits per heavy atom. The van der Waals surface area contributed by atoms with Crippen molar-refractivity contribution < 1.29 is 14.4 Å². The highest BCUT2D eigenvalue weighted by Gasteiger charge is 2.05. The molecule has 0 aliphatic heterocycles. The van der Waals surface area contributed by atoms with Gasteiger partial charge < -0.3 is 10.1 Å². The number of carbonyl (C=O) groups is 1. The fourth-order valence-corrected chi connectivity index (χ4v) is 4.26. The van der Waals surface area contributed by atoms with Gasteiger partial charge in [0.15, 0.2) is 0 Å². The van der Waals surface area contributed by atoms with Crippen LogP contribution in [-0.4, -0.2) is 12.5 Å². The number of hydrogen-bond donors (Lipinski definition) is 2. The van der Waals surface area contributed by atoms with Crippen molar-refractivity contribution in [3.63, 3.8) is 0 Å². The Balaban J connectivity index is 1.27. The van der Waals surface area contributed by atoms with Crippen LogP contribution >= 0.6 is 0 Å². The van der Waals surface area contributed by atoms with Gasteiger partial charge in [-0.05, 0) is 41.8 Å². The number of rotatable bonds is 19. The number of unbranched alkanes of at least 4 members (excludes halogenated alkanes) is 9. The fraction of sp³-hybridized carbons (Fsp3) is 0.424. The summed E-state index contributed by atoms with van der Waals surface area (Å²) in [6.07, 6.45) is 12.9. The Hall–Kier alpha value is -3.31. The van der Waals surface area contributed by atoms with Crippen LogP contribution in [0.25, 0.3) is 0 Å². The third-order valence-corrected chi connectivity index (χ3v) is 6.54. The molecule has 0 aliphatic carbocycles. The lowest BCUT2D eigenvalue weighted by Gasteiger charge is -2.11. The first-order chi connectivity index (χ1) is 18.7. The molecule has 0 saturated carbocycles. The Morgan fingerprint density at radius 1 is 0.684 bits per heavy atom. The standard InChI is InChI=1S/C33H44N2O3/c1-2-3-4-5-6-7-8-9-10-14-24-34-33(36)30-22-20-29(21-23-30)27-38-35-31-18-15-19-32(25-31)37-26-28-16-12-11-13-17-28/h11-13,15-23,25,35H,2-10,14,24,26-27H2,1H3,(H,34,36). The highest BCUT2D eigenvalue weighted by molar-refractivity contribution is 5.94. The van der Waals surface area contributed by atoms with Crippen LogP contribution in [0.1, 0.15) is 92.6 Å². The van der Waals surface area contributed by atoms with Crippen LogP contribution in [-0.2, 0) is 18.1 Å². The number of ether oxygens (including phenoxy) is 1. The van der Waals surface area contributed by atoms with E-state index in [4.69, 9.17) is 9.57 Å². The normalized spacial score (nSPS) is 10.8. The topological polar surface area (TPSA) is 59.6 Å². The molecule has 3 aromatic rings. The summed E-state index contributed by atoms with van der Waals surface area (Å²) in [6.45, 7) is 3.90. The van der Waals surface area contributed by atoms with Gasteiger partial charge >= 0.3 is 0 Å². The van der Waals surface area contributed by atoms with Gasteiger partial charge in [-0.2, -0.15) is 0 Å². The van der Waals surface area contributed by atoms with Gasteiger partial charge in [-0.3, -0.25) is 15.1 Å². The van der Waals surface area contributed by atoms with E-state index in [0.29, 0.717) is 18.8 Å². The molecule has 5 heteroatoms. The maximum Gasteiger partial charge on any atom is 0.251 e. The molecule has 2 N–H and O–H groups in total. The zero-order chi connectivity index (χ0) is 26.7. The van der Waals surface area contributed by atoms with E-state index in [1.54, 1.807) is 0 Å². The quantitative estimate of drug-likeness (QED) is 0.124. The Kier molecular flexibility index (Phi) is 13.9. The molecule has 5 nitrogen and oxygen atoms in total. The maximum absolute atomic E-state index is 12.4. The number of anilines is 1.